The molecular formula is C53H33N7. The van der Waals surface area contributed by atoms with Gasteiger partial charge in [-0.1, -0.05) is 170 Å². The SMILES string of the molecule is N#Cc1ccc(-c2cc3ccc(-c4nc(-c5ccccc5)nc(-c5ccccc5)n4)cc3cc2-c2ccc(-c3nc(-c4ccccc4)nc(-c4ccccc4)n3)cc2)cc1. The molecule has 2 aromatic heterocycles. The van der Waals surface area contributed by atoms with E-state index >= 15 is 0 Å². The molecule has 60 heavy (non-hydrogen) atoms. The van der Waals surface area contributed by atoms with Crippen molar-refractivity contribution in [2.24, 2.45) is 0 Å². The molecule has 10 aromatic rings. The van der Waals surface area contributed by atoms with Crippen LogP contribution in [0.2, 0.25) is 0 Å². The number of nitriles is 1. The number of aromatic nitrogens is 6. The Morgan fingerprint density at radius 3 is 0.950 bits per heavy atom. The minimum Gasteiger partial charge on any atom is -0.208 e. The van der Waals surface area contributed by atoms with Crippen molar-refractivity contribution in [2.75, 3.05) is 0 Å². The van der Waals surface area contributed by atoms with Crippen molar-refractivity contribution in [2.45, 2.75) is 0 Å². The van der Waals surface area contributed by atoms with Crippen LogP contribution in [0.15, 0.2) is 200 Å². The van der Waals surface area contributed by atoms with Crippen LogP contribution in [0.4, 0.5) is 0 Å². The Bertz CT molecular complexity index is 3050. The predicted octanol–water partition coefficient (Wildman–Crippen LogP) is 12.4. The third-order valence-electron chi connectivity index (χ3n) is 10.4. The van der Waals surface area contributed by atoms with Crippen molar-refractivity contribution in [1.29, 1.82) is 5.26 Å². The summed E-state index contributed by atoms with van der Waals surface area (Å²) in [6.45, 7) is 0. The van der Waals surface area contributed by atoms with Gasteiger partial charge in [-0.25, -0.2) is 29.9 Å². The van der Waals surface area contributed by atoms with Gasteiger partial charge in [-0.3, -0.25) is 0 Å². The molecule has 0 aliphatic heterocycles. The summed E-state index contributed by atoms with van der Waals surface area (Å²) in [5, 5.41) is 11.7. The highest BCUT2D eigenvalue weighted by atomic mass is 15.0. The van der Waals surface area contributed by atoms with E-state index in [1.807, 2.05) is 146 Å². The summed E-state index contributed by atoms with van der Waals surface area (Å²) in [6.07, 6.45) is 0. The van der Waals surface area contributed by atoms with Gasteiger partial charge >= 0.3 is 0 Å². The van der Waals surface area contributed by atoms with Crippen LogP contribution in [-0.4, -0.2) is 29.9 Å². The Labute approximate surface area is 347 Å². The van der Waals surface area contributed by atoms with Crippen molar-refractivity contribution in [3.63, 3.8) is 0 Å². The molecule has 0 amide bonds. The summed E-state index contributed by atoms with van der Waals surface area (Å²) in [7, 11) is 0. The van der Waals surface area contributed by atoms with Crippen LogP contribution in [0.3, 0.4) is 0 Å². The zero-order valence-corrected chi connectivity index (χ0v) is 32.2. The van der Waals surface area contributed by atoms with Crippen LogP contribution in [0.5, 0.6) is 0 Å². The van der Waals surface area contributed by atoms with Gasteiger partial charge in [0.05, 0.1) is 11.6 Å². The Kier molecular flexibility index (Phi) is 9.47. The lowest BCUT2D eigenvalue weighted by Crippen LogP contribution is -2.00. The zero-order valence-electron chi connectivity index (χ0n) is 32.2. The van der Waals surface area contributed by atoms with E-state index in [9.17, 15) is 5.26 Å². The molecule has 0 aliphatic rings. The molecule has 0 atom stereocenters. The van der Waals surface area contributed by atoms with E-state index in [0.717, 1.165) is 66.4 Å². The Balaban J connectivity index is 1.09. The summed E-state index contributed by atoms with van der Waals surface area (Å²) in [5.41, 5.74) is 10.1. The number of nitrogens with zero attached hydrogens (tertiary/aromatic N) is 7. The highest BCUT2D eigenvalue weighted by Gasteiger charge is 2.17. The lowest BCUT2D eigenvalue weighted by atomic mass is 9.90. The molecule has 0 N–H and O–H groups in total. The molecule has 280 valence electrons. The Morgan fingerprint density at radius 2 is 0.567 bits per heavy atom. The molecule has 0 bridgehead atoms. The Hall–Kier alpha value is -8.47. The molecule has 2 heterocycles. The summed E-state index contributed by atoms with van der Waals surface area (Å²) < 4.78 is 0. The lowest BCUT2D eigenvalue weighted by molar-refractivity contribution is 1.07. The quantitative estimate of drug-likeness (QED) is 0.152. The van der Waals surface area contributed by atoms with Crippen LogP contribution < -0.4 is 0 Å². The molecule has 0 spiro atoms. The van der Waals surface area contributed by atoms with Crippen molar-refractivity contribution < 1.29 is 0 Å². The summed E-state index contributed by atoms with van der Waals surface area (Å²) in [4.78, 5) is 29.6. The maximum atomic E-state index is 9.56. The fourth-order valence-corrected chi connectivity index (χ4v) is 7.31. The topological polar surface area (TPSA) is 101 Å². The van der Waals surface area contributed by atoms with Crippen LogP contribution in [0.25, 0.3) is 101 Å². The molecule has 0 radical (unpaired) electrons. The first kappa shape index (κ1) is 35.9. The largest absolute Gasteiger partial charge is 0.208 e. The molecule has 0 saturated heterocycles. The smallest absolute Gasteiger partial charge is 0.164 e. The maximum absolute atomic E-state index is 9.56. The van der Waals surface area contributed by atoms with Gasteiger partial charge in [-0.2, -0.15) is 5.26 Å². The van der Waals surface area contributed by atoms with Crippen molar-refractivity contribution >= 4 is 10.8 Å². The van der Waals surface area contributed by atoms with Gasteiger partial charge < -0.3 is 0 Å². The molecule has 0 aliphatic carbocycles. The highest BCUT2D eigenvalue weighted by molar-refractivity contribution is 5.98. The average molecular weight is 768 g/mol. The first-order valence-electron chi connectivity index (χ1n) is 19.6. The molecule has 0 saturated carbocycles. The fourth-order valence-electron chi connectivity index (χ4n) is 7.31. The van der Waals surface area contributed by atoms with E-state index in [2.05, 4.69) is 60.7 Å². The number of benzene rings is 8. The van der Waals surface area contributed by atoms with Crippen LogP contribution >= 0.6 is 0 Å². The van der Waals surface area contributed by atoms with E-state index in [1.165, 1.54) is 0 Å². The molecule has 0 fully saturated rings. The van der Waals surface area contributed by atoms with E-state index in [4.69, 9.17) is 29.9 Å². The first-order valence-corrected chi connectivity index (χ1v) is 19.6. The van der Waals surface area contributed by atoms with Gasteiger partial charge in [0.2, 0.25) is 0 Å². The average Bonchev–Trinajstić information content (AvgIpc) is 3.34. The second-order valence-electron chi connectivity index (χ2n) is 14.3. The number of rotatable bonds is 8. The van der Waals surface area contributed by atoms with E-state index < -0.39 is 0 Å². The van der Waals surface area contributed by atoms with Gasteiger partial charge in [-0.15, -0.1) is 0 Å². The van der Waals surface area contributed by atoms with Gasteiger partial charge in [0.15, 0.2) is 34.9 Å². The van der Waals surface area contributed by atoms with E-state index in [1.54, 1.807) is 0 Å². The van der Waals surface area contributed by atoms with Crippen LogP contribution in [0, 0.1) is 11.3 Å². The molecule has 8 aromatic carbocycles. The highest BCUT2D eigenvalue weighted by Crippen LogP contribution is 2.38. The fraction of sp³-hybridized carbons (Fsp3) is 0. The normalized spacial score (nSPS) is 11.0. The van der Waals surface area contributed by atoms with Crippen molar-refractivity contribution in [1.82, 2.24) is 29.9 Å². The molecule has 7 nitrogen and oxygen atoms in total. The zero-order chi connectivity index (χ0) is 40.3. The van der Waals surface area contributed by atoms with E-state index in [-0.39, 0.29) is 0 Å². The maximum Gasteiger partial charge on any atom is 0.164 e. The predicted molar refractivity (Wildman–Crippen MR) is 239 cm³/mol. The van der Waals surface area contributed by atoms with Crippen molar-refractivity contribution in [3.8, 4) is 96.7 Å². The first-order chi connectivity index (χ1) is 29.6. The second kappa shape index (κ2) is 15.8. The van der Waals surface area contributed by atoms with Gasteiger partial charge in [0, 0.05) is 33.4 Å². The van der Waals surface area contributed by atoms with Crippen LogP contribution in [-0.2, 0) is 0 Å². The van der Waals surface area contributed by atoms with Gasteiger partial charge in [0.25, 0.3) is 0 Å². The minimum atomic E-state index is 0.590. The molecular weight excluding hydrogens is 735 g/mol. The number of hydrogen-bond acceptors (Lipinski definition) is 7. The van der Waals surface area contributed by atoms with Gasteiger partial charge in [-0.05, 0) is 63.4 Å². The van der Waals surface area contributed by atoms with Gasteiger partial charge in [0.1, 0.15) is 0 Å². The van der Waals surface area contributed by atoms with E-state index in [0.29, 0.717) is 40.5 Å². The third-order valence-corrected chi connectivity index (χ3v) is 10.4. The number of fused-ring (bicyclic) bond motifs is 1. The third kappa shape index (κ3) is 7.29. The summed E-state index contributed by atoms with van der Waals surface area (Å²) in [6, 6.07) is 69.1. The lowest BCUT2D eigenvalue weighted by Gasteiger charge is -2.15. The van der Waals surface area contributed by atoms with Crippen LogP contribution in [0.1, 0.15) is 5.56 Å². The number of hydrogen-bond donors (Lipinski definition) is 0. The minimum absolute atomic E-state index is 0.590. The monoisotopic (exact) mass is 767 g/mol. The van der Waals surface area contributed by atoms with Crippen molar-refractivity contribution in [3.05, 3.63) is 206 Å². The summed E-state index contributed by atoms with van der Waals surface area (Å²) >= 11 is 0. The Morgan fingerprint density at radius 1 is 0.267 bits per heavy atom. The standard InChI is InChI=1S/C53H33N7/c54-34-35-21-23-36(24-22-35)46-32-43-29-30-44(53-59-50(40-17-9-3-10-18-40)56-51(60-53)41-19-11-4-12-20-41)31-45(43)33-47(46)37-25-27-42(28-26-37)52-57-48(38-13-5-1-6-14-38)55-49(58-52)39-15-7-2-8-16-39/h1-33H. The molecule has 7 heteroatoms. The molecule has 0 unspecified atom stereocenters. The second-order valence-corrected chi connectivity index (χ2v) is 14.3. The molecule has 10 rings (SSSR count). The summed E-state index contributed by atoms with van der Waals surface area (Å²) in [5.74, 6) is 3.63.